The molecule has 0 saturated heterocycles. The number of hydrogen-bond acceptors (Lipinski definition) is 0. The highest BCUT2D eigenvalue weighted by Gasteiger charge is 2.41. The average Bonchev–Trinajstić information content (AvgIpc) is 2.72. The largest absolute Gasteiger partial charge is 0.337 e. The summed E-state index contributed by atoms with van der Waals surface area (Å²) in [7, 11) is 0.462. The zero-order chi connectivity index (χ0) is 17.4. The summed E-state index contributed by atoms with van der Waals surface area (Å²) < 4.78 is 2.26. The van der Waals surface area contributed by atoms with Crippen molar-refractivity contribution in [3.63, 3.8) is 0 Å². The third kappa shape index (κ3) is 2.88. The molecule has 23 heavy (non-hydrogen) atoms. The summed E-state index contributed by atoms with van der Waals surface area (Å²) in [6, 6.07) is 8.61. The predicted molar refractivity (Wildman–Crippen MR) is 106 cm³/mol. The standard InChI is InChI=1S/C21H31NSi/c1-15(2)23(16(3)4,17(5)6)14-13-20-18(7)19-11-9-10-12-21(19)22(20)8/h9-12,15-17H,1-8H3. The smallest absolute Gasteiger partial charge is 0.146 e. The molecule has 0 aliphatic heterocycles. The maximum atomic E-state index is 3.86. The molecule has 124 valence electrons. The maximum Gasteiger partial charge on any atom is 0.146 e. The van der Waals surface area contributed by atoms with Gasteiger partial charge in [-0.2, -0.15) is 0 Å². The minimum absolute atomic E-state index is 0.671. The van der Waals surface area contributed by atoms with Gasteiger partial charge in [0.15, 0.2) is 0 Å². The van der Waals surface area contributed by atoms with E-state index < -0.39 is 8.07 Å². The van der Waals surface area contributed by atoms with Crippen molar-refractivity contribution < 1.29 is 0 Å². The fourth-order valence-corrected chi connectivity index (χ4v) is 9.56. The molecule has 0 fully saturated rings. The van der Waals surface area contributed by atoms with Gasteiger partial charge >= 0.3 is 0 Å². The molecular weight excluding hydrogens is 294 g/mol. The SMILES string of the molecule is Cc1c(C#C[Si](C(C)C)(C(C)C)C(C)C)n(C)c2ccccc12. The normalized spacial score (nSPS) is 12.3. The van der Waals surface area contributed by atoms with Crippen LogP contribution < -0.4 is 0 Å². The molecule has 0 amide bonds. The highest BCUT2D eigenvalue weighted by Crippen LogP contribution is 2.41. The van der Waals surface area contributed by atoms with Gasteiger partial charge in [-0.05, 0) is 35.2 Å². The van der Waals surface area contributed by atoms with Crippen molar-refractivity contribution in [2.24, 2.45) is 7.05 Å². The van der Waals surface area contributed by atoms with Gasteiger partial charge in [0.05, 0.1) is 5.69 Å². The third-order valence-corrected chi connectivity index (χ3v) is 11.9. The number of fused-ring (bicyclic) bond motifs is 1. The predicted octanol–water partition coefficient (Wildman–Crippen LogP) is 6.06. The first-order valence-electron chi connectivity index (χ1n) is 8.80. The van der Waals surface area contributed by atoms with Crippen molar-refractivity contribution in [2.45, 2.75) is 65.1 Å². The summed E-state index contributed by atoms with van der Waals surface area (Å²) in [5, 5.41) is 1.32. The summed E-state index contributed by atoms with van der Waals surface area (Å²) >= 11 is 0. The Morgan fingerprint density at radius 2 is 1.43 bits per heavy atom. The van der Waals surface area contributed by atoms with Crippen molar-refractivity contribution in [1.82, 2.24) is 4.57 Å². The van der Waals surface area contributed by atoms with Gasteiger partial charge in [-0.1, -0.05) is 65.7 Å². The van der Waals surface area contributed by atoms with Gasteiger partial charge in [0, 0.05) is 18.0 Å². The highest BCUT2D eigenvalue weighted by atomic mass is 28.3. The number of hydrogen-bond donors (Lipinski definition) is 0. The molecule has 1 aromatic heterocycles. The molecule has 0 unspecified atom stereocenters. The molecule has 0 spiro atoms. The zero-order valence-corrected chi connectivity index (χ0v) is 17.0. The molecule has 1 heterocycles. The summed E-state index contributed by atoms with van der Waals surface area (Å²) in [5.41, 5.74) is 9.65. The molecule has 1 aromatic carbocycles. The number of aromatic nitrogens is 1. The Bertz CT molecular complexity index is 692. The number of rotatable bonds is 3. The molecule has 0 atom stereocenters. The van der Waals surface area contributed by atoms with Crippen LogP contribution in [0.2, 0.25) is 16.6 Å². The number of benzene rings is 1. The second kappa shape index (κ2) is 6.57. The van der Waals surface area contributed by atoms with Gasteiger partial charge in [-0.15, -0.1) is 5.54 Å². The van der Waals surface area contributed by atoms with E-state index in [1.807, 2.05) is 0 Å². The molecule has 2 aromatic rings. The number of para-hydroxylation sites is 1. The minimum Gasteiger partial charge on any atom is -0.337 e. The van der Waals surface area contributed by atoms with E-state index in [0.717, 1.165) is 0 Å². The molecule has 2 heteroatoms. The maximum absolute atomic E-state index is 3.86. The fraction of sp³-hybridized carbons (Fsp3) is 0.524. The van der Waals surface area contributed by atoms with Crippen LogP contribution in [0, 0.1) is 18.4 Å². The van der Waals surface area contributed by atoms with E-state index in [-0.39, 0.29) is 0 Å². The molecule has 0 N–H and O–H groups in total. The van der Waals surface area contributed by atoms with Crippen LogP contribution in [0.5, 0.6) is 0 Å². The van der Waals surface area contributed by atoms with E-state index in [9.17, 15) is 0 Å². The Labute approximate surface area is 143 Å². The van der Waals surface area contributed by atoms with Crippen LogP contribution in [-0.2, 0) is 7.05 Å². The number of aryl methyl sites for hydroxylation is 2. The van der Waals surface area contributed by atoms with Gasteiger partial charge in [0.1, 0.15) is 8.07 Å². The van der Waals surface area contributed by atoms with Gasteiger partial charge in [0.2, 0.25) is 0 Å². The number of nitrogens with zero attached hydrogens (tertiary/aromatic N) is 1. The Kier molecular flexibility index (Phi) is 5.11. The first-order chi connectivity index (χ1) is 10.7. The van der Waals surface area contributed by atoms with Crippen molar-refractivity contribution in [3.05, 3.63) is 35.5 Å². The summed E-state index contributed by atoms with van der Waals surface area (Å²) in [6.07, 6.45) is 0. The van der Waals surface area contributed by atoms with E-state index in [1.165, 1.54) is 22.2 Å². The Balaban J connectivity index is 2.65. The van der Waals surface area contributed by atoms with Crippen molar-refractivity contribution >= 4 is 19.0 Å². The van der Waals surface area contributed by atoms with Gasteiger partial charge in [0.25, 0.3) is 0 Å². The summed E-state index contributed by atoms with van der Waals surface area (Å²) in [4.78, 5) is 0. The highest BCUT2D eigenvalue weighted by molar-refractivity contribution is 6.90. The lowest BCUT2D eigenvalue weighted by molar-refractivity contribution is 0.838. The van der Waals surface area contributed by atoms with Gasteiger partial charge < -0.3 is 4.57 Å². The topological polar surface area (TPSA) is 4.93 Å². The molecule has 0 bridgehead atoms. The first-order valence-corrected chi connectivity index (χ1v) is 11.0. The van der Waals surface area contributed by atoms with Gasteiger partial charge in [-0.25, -0.2) is 0 Å². The van der Waals surface area contributed by atoms with Crippen LogP contribution in [0.3, 0.4) is 0 Å². The lowest BCUT2D eigenvalue weighted by Crippen LogP contribution is -2.43. The molecule has 0 saturated carbocycles. The van der Waals surface area contributed by atoms with Crippen molar-refractivity contribution in [3.8, 4) is 11.5 Å². The summed E-state index contributed by atoms with van der Waals surface area (Å²) in [6.45, 7) is 16.4. The van der Waals surface area contributed by atoms with Crippen LogP contribution in [0.4, 0.5) is 0 Å². The molecular formula is C21H31NSi. The van der Waals surface area contributed by atoms with Crippen LogP contribution in [-0.4, -0.2) is 12.6 Å². The fourth-order valence-electron chi connectivity index (χ4n) is 4.36. The molecule has 1 nitrogen and oxygen atoms in total. The second-order valence-corrected chi connectivity index (χ2v) is 13.3. The monoisotopic (exact) mass is 325 g/mol. The summed E-state index contributed by atoms with van der Waals surface area (Å²) in [5.74, 6) is 3.63. The van der Waals surface area contributed by atoms with E-state index in [4.69, 9.17) is 0 Å². The van der Waals surface area contributed by atoms with E-state index >= 15 is 0 Å². The van der Waals surface area contributed by atoms with E-state index in [0.29, 0.717) is 16.6 Å². The average molecular weight is 326 g/mol. The Morgan fingerprint density at radius 3 is 1.91 bits per heavy atom. The van der Waals surface area contributed by atoms with Crippen LogP contribution >= 0.6 is 0 Å². The lowest BCUT2D eigenvalue weighted by atomic mass is 10.1. The first kappa shape index (κ1) is 17.9. The van der Waals surface area contributed by atoms with Crippen LogP contribution in [0.25, 0.3) is 10.9 Å². The van der Waals surface area contributed by atoms with E-state index in [1.54, 1.807) is 0 Å². The van der Waals surface area contributed by atoms with Crippen molar-refractivity contribution in [2.75, 3.05) is 0 Å². The molecule has 0 aliphatic carbocycles. The Hall–Kier alpha value is -1.46. The molecule has 0 radical (unpaired) electrons. The minimum atomic E-state index is -1.68. The molecule has 0 aliphatic rings. The zero-order valence-electron chi connectivity index (χ0n) is 16.0. The quantitative estimate of drug-likeness (QED) is 0.478. The lowest BCUT2D eigenvalue weighted by Gasteiger charge is -2.38. The molecule has 2 rings (SSSR count). The Morgan fingerprint density at radius 1 is 0.913 bits per heavy atom. The van der Waals surface area contributed by atoms with Crippen LogP contribution in [0.15, 0.2) is 24.3 Å². The van der Waals surface area contributed by atoms with Gasteiger partial charge in [-0.3, -0.25) is 0 Å². The second-order valence-electron chi connectivity index (χ2n) is 7.70. The third-order valence-electron chi connectivity index (χ3n) is 5.62. The van der Waals surface area contributed by atoms with Crippen molar-refractivity contribution in [1.29, 1.82) is 0 Å². The van der Waals surface area contributed by atoms with Crippen LogP contribution in [0.1, 0.15) is 52.8 Å². The van der Waals surface area contributed by atoms with E-state index in [2.05, 4.69) is 95.8 Å².